The Morgan fingerprint density at radius 2 is 2.28 bits per heavy atom. The minimum atomic E-state index is -0.538. The van der Waals surface area contributed by atoms with E-state index >= 15 is 0 Å². The number of urea groups is 1. The van der Waals surface area contributed by atoms with E-state index in [0.717, 1.165) is 6.42 Å². The number of rotatable bonds is 3. The molecule has 2 amide bonds. The van der Waals surface area contributed by atoms with Crippen molar-refractivity contribution in [2.75, 3.05) is 18.5 Å². The average Bonchev–Trinajstić information content (AvgIpc) is 2.35. The van der Waals surface area contributed by atoms with Gasteiger partial charge in [0.1, 0.15) is 12.4 Å². The molecular weight excluding hydrogens is 235 g/mol. The smallest absolute Gasteiger partial charge is 0.319 e. The Balaban J connectivity index is 2.69. The van der Waals surface area contributed by atoms with Crippen LogP contribution >= 0.6 is 0 Å². The van der Waals surface area contributed by atoms with Crippen LogP contribution in [-0.2, 0) is 0 Å². The van der Waals surface area contributed by atoms with Crippen LogP contribution in [0.1, 0.15) is 18.9 Å². The minimum absolute atomic E-state index is 0.184. The Morgan fingerprint density at radius 1 is 1.50 bits per heavy atom. The number of hydrogen-bond acceptors (Lipinski definition) is 2. The number of halogens is 1. The van der Waals surface area contributed by atoms with Crippen LogP contribution in [0.5, 0.6) is 0 Å². The van der Waals surface area contributed by atoms with Crippen molar-refractivity contribution in [1.82, 2.24) is 5.32 Å². The van der Waals surface area contributed by atoms with Crippen molar-refractivity contribution < 1.29 is 14.3 Å². The SMILES string of the molecule is CCCNC(=O)Nc1ccc(C#CCO)c(F)c1. The van der Waals surface area contributed by atoms with E-state index in [1.54, 1.807) is 6.07 Å². The standard InChI is InChI=1S/C13H15FN2O2/c1-2-7-15-13(18)16-11-6-5-10(4-3-8-17)12(14)9-11/h5-6,9,17H,2,7-8H2,1H3,(H2,15,16,18). The molecule has 0 unspecified atom stereocenters. The molecule has 1 rings (SSSR count). The predicted octanol–water partition coefficient (Wildman–Crippen LogP) is 1.70. The first-order chi connectivity index (χ1) is 8.67. The van der Waals surface area contributed by atoms with Gasteiger partial charge in [0.15, 0.2) is 0 Å². The zero-order chi connectivity index (χ0) is 13.4. The van der Waals surface area contributed by atoms with E-state index < -0.39 is 5.82 Å². The Bertz CT molecular complexity index is 478. The van der Waals surface area contributed by atoms with Gasteiger partial charge in [-0.1, -0.05) is 18.8 Å². The minimum Gasteiger partial charge on any atom is -0.384 e. The normalized spacial score (nSPS) is 9.28. The second-order valence-corrected chi connectivity index (χ2v) is 3.54. The summed E-state index contributed by atoms with van der Waals surface area (Å²) in [5, 5.41) is 13.6. The van der Waals surface area contributed by atoms with Gasteiger partial charge in [0, 0.05) is 12.2 Å². The number of carbonyl (C=O) groups excluding carboxylic acids is 1. The topological polar surface area (TPSA) is 61.4 Å². The van der Waals surface area contributed by atoms with Crippen molar-refractivity contribution in [2.45, 2.75) is 13.3 Å². The molecule has 0 saturated carbocycles. The van der Waals surface area contributed by atoms with Crippen LogP contribution in [0.2, 0.25) is 0 Å². The van der Waals surface area contributed by atoms with Gasteiger partial charge in [0.25, 0.3) is 0 Å². The van der Waals surface area contributed by atoms with Crippen LogP contribution in [0, 0.1) is 17.7 Å². The summed E-state index contributed by atoms with van der Waals surface area (Å²) in [7, 11) is 0. The first-order valence-corrected chi connectivity index (χ1v) is 5.61. The molecule has 3 N–H and O–H groups in total. The lowest BCUT2D eigenvalue weighted by atomic mass is 10.2. The van der Waals surface area contributed by atoms with Crippen molar-refractivity contribution in [3.63, 3.8) is 0 Å². The highest BCUT2D eigenvalue weighted by Gasteiger charge is 2.04. The van der Waals surface area contributed by atoms with Crippen molar-refractivity contribution in [3.05, 3.63) is 29.6 Å². The molecule has 0 aliphatic rings. The fraction of sp³-hybridized carbons (Fsp3) is 0.308. The van der Waals surface area contributed by atoms with Crippen LogP contribution in [0.25, 0.3) is 0 Å². The molecule has 0 radical (unpaired) electrons. The van der Waals surface area contributed by atoms with E-state index in [2.05, 4.69) is 22.5 Å². The van der Waals surface area contributed by atoms with Crippen LogP contribution in [0.3, 0.4) is 0 Å². The maximum absolute atomic E-state index is 13.5. The highest BCUT2D eigenvalue weighted by molar-refractivity contribution is 5.89. The fourth-order valence-corrected chi connectivity index (χ4v) is 1.24. The summed E-state index contributed by atoms with van der Waals surface area (Å²) in [5.74, 6) is 4.30. The number of amides is 2. The lowest BCUT2D eigenvalue weighted by molar-refractivity contribution is 0.252. The molecule has 5 heteroatoms. The molecule has 1 aromatic rings. The monoisotopic (exact) mass is 250 g/mol. The Labute approximate surface area is 105 Å². The van der Waals surface area contributed by atoms with Crippen LogP contribution in [0.15, 0.2) is 18.2 Å². The summed E-state index contributed by atoms with van der Waals surface area (Å²) in [6, 6.07) is 3.82. The summed E-state index contributed by atoms with van der Waals surface area (Å²) >= 11 is 0. The third-order valence-corrected chi connectivity index (χ3v) is 2.06. The van der Waals surface area contributed by atoms with Gasteiger partial charge >= 0.3 is 6.03 Å². The molecule has 0 spiro atoms. The molecular formula is C13H15FN2O2. The van der Waals surface area contributed by atoms with E-state index in [1.807, 2.05) is 6.92 Å². The predicted molar refractivity (Wildman–Crippen MR) is 67.7 cm³/mol. The van der Waals surface area contributed by atoms with Gasteiger partial charge in [-0.2, -0.15) is 0 Å². The molecule has 0 fully saturated rings. The quantitative estimate of drug-likeness (QED) is 0.715. The van der Waals surface area contributed by atoms with E-state index in [4.69, 9.17) is 5.11 Å². The van der Waals surface area contributed by atoms with Gasteiger partial charge in [-0.15, -0.1) is 0 Å². The highest BCUT2D eigenvalue weighted by Crippen LogP contribution is 2.13. The van der Waals surface area contributed by atoms with Gasteiger partial charge < -0.3 is 15.7 Å². The van der Waals surface area contributed by atoms with Crippen LogP contribution in [-0.4, -0.2) is 24.3 Å². The van der Waals surface area contributed by atoms with E-state index in [0.29, 0.717) is 12.2 Å². The number of aliphatic hydroxyl groups excluding tert-OH is 1. The molecule has 0 aliphatic carbocycles. The second kappa shape index (κ2) is 7.30. The van der Waals surface area contributed by atoms with Crippen LogP contribution in [0.4, 0.5) is 14.9 Å². The van der Waals surface area contributed by atoms with Gasteiger partial charge in [0.2, 0.25) is 0 Å². The number of nitrogens with one attached hydrogen (secondary N) is 2. The Hall–Kier alpha value is -2.06. The van der Waals surface area contributed by atoms with E-state index in [1.165, 1.54) is 12.1 Å². The summed E-state index contributed by atoms with van der Waals surface area (Å²) in [5.41, 5.74) is 0.541. The first kappa shape index (κ1) is 14.0. The molecule has 1 aromatic carbocycles. The van der Waals surface area contributed by atoms with Crippen LogP contribution < -0.4 is 10.6 Å². The highest BCUT2D eigenvalue weighted by atomic mass is 19.1. The van der Waals surface area contributed by atoms with Crippen molar-refractivity contribution >= 4 is 11.7 Å². The number of anilines is 1. The zero-order valence-electron chi connectivity index (χ0n) is 10.1. The zero-order valence-corrected chi connectivity index (χ0v) is 10.1. The summed E-state index contributed by atoms with van der Waals surface area (Å²) < 4.78 is 13.5. The molecule has 0 atom stereocenters. The van der Waals surface area contributed by atoms with Gasteiger partial charge in [-0.3, -0.25) is 0 Å². The molecule has 0 heterocycles. The lowest BCUT2D eigenvalue weighted by Crippen LogP contribution is -2.29. The maximum atomic E-state index is 13.5. The van der Waals surface area contributed by atoms with Gasteiger partial charge in [0.05, 0.1) is 5.56 Å². The summed E-state index contributed by atoms with van der Waals surface area (Å²) in [4.78, 5) is 11.3. The third kappa shape index (κ3) is 4.44. The van der Waals surface area contributed by atoms with E-state index in [-0.39, 0.29) is 18.2 Å². The van der Waals surface area contributed by atoms with Crippen molar-refractivity contribution in [3.8, 4) is 11.8 Å². The van der Waals surface area contributed by atoms with E-state index in [9.17, 15) is 9.18 Å². The first-order valence-electron chi connectivity index (χ1n) is 5.61. The number of benzene rings is 1. The van der Waals surface area contributed by atoms with Gasteiger partial charge in [-0.25, -0.2) is 9.18 Å². The largest absolute Gasteiger partial charge is 0.384 e. The van der Waals surface area contributed by atoms with Crippen molar-refractivity contribution in [1.29, 1.82) is 0 Å². The number of carbonyl (C=O) groups is 1. The molecule has 18 heavy (non-hydrogen) atoms. The second-order valence-electron chi connectivity index (χ2n) is 3.54. The average molecular weight is 250 g/mol. The van der Waals surface area contributed by atoms with Crippen molar-refractivity contribution in [2.24, 2.45) is 0 Å². The fourth-order valence-electron chi connectivity index (χ4n) is 1.24. The lowest BCUT2D eigenvalue weighted by Gasteiger charge is -2.07. The summed E-state index contributed by atoms with van der Waals surface area (Å²) in [6.45, 7) is 2.18. The Morgan fingerprint density at radius 3 is 2.89 bits per heavy atom. The number of aliphatic hydroxyl groups is 1. The molecule has 96 valence electrons. The molecule has 0 aliphatic heterocycles. The summed E-state index contributed by atoms with van der Waals surface area (Å²) in [6.07, 6.45) is 0.831. The maximum Gasteiger partial charge on any atom is 0.319 e. The molecule has 0 aromatic heterocycles. The molecule has 4 nitrogen and oxygen atoms in total. The molecule has 0 bridgehead atoms. The Kier molecular flexibility index (Phi) is 5.68. The van der Waals surface area contributed by atoms with Gasteiger partial charge in [-0.05, 0) is 24.6 Å². The number of hydrogen-bond donors (Lipinski definition) is 3. The molecule has 0 saturated heterocycles. The third-order valence-electron chi connectivity index (χ3n) is 2.06.